The zero-order chi connectivity index (χ0) is 34.2. The summed E-state index contributed by atoms with van der Waals surface area (Å²) in [5.74, 6) is 0.272. The highest BCUT2D eigenvalue weighted by Crippen LogP contribution is 2.62. The minimum absolute atomic E-state index is 0.272. The molecule has 0 atom stereocenters. The summed E-state index contributed by atoms with van der Waals surface area (Å²) in [7, 11) is 0. The Morgan fingerprint density at radius 1 is 0.373 bits per heavy atom. The zero-order valence-electron chi connectivity index (χ0n) is 28.0. The van der Waals surface area contributed by atoms with Gasteiger partial charge in [-0.15, -0.1) is 0 Å². The lowest BCUT2D eigenvalue weighted by molar-refractivity contribution is 0.477. The Hall–Kier alpha value is -6.64. The van der Waals surface area contributed by atoms with Gasteiger partial charge in [-0.2, -0.15) is 0 Å². The highest BCUT2D eigenvalue weighted by molar-refractivity contribution is 5.97. The van der Waals surface area contributed by atoms with Crippen LogP contribution in [0.5, 0.6) is 5.75 Å². The minimum Gasteiger partial charge on any atom is -0.507 e. The van der Waals surface area contributed by atoms with Gasteiger partial charge in [-0.1, -0.05) is 170 Å². The van der Waals surface area contributed by atoms with E-state index in [4.69, 9.17) is 0 Å². The molecule has 8 aromatic carbocycles. The van der Waals surface area contributed by atoms with Gasteiger partial charge in [0.2, 0.25) is 0 Å². The molecule has 1 N–H and O–H groups in total. The molecule has 0 amide bonds. The lowest BCUT2D eigenvalue weighted by Gasteiger charge is -2.38. The fraction of sp³-hybridized carbons (Fsp3) is 0.0204. The van der Waals surface area contributed by atoms with Crippen LogP contribution in [-0.2, 0) is 5.41 Å². The van der Waals surface area contributed by atoms with Crippen molar-refractivity contribution in [2.45, 2.75) is 5.41 Å². The van der Waals surface area contributed by atoms with Crippen LogP contribution in [0.3, 0.4) is 0 Å². The van der Waals surface area contributed by atoms with E-state index >= 15 is 0 Å². The van der Waals surface area contributed by atoms with Crippen molar-refractivity contribution in [2.75, 3.05) is 4.90 Å². The zero-order valence-corrected chi connectivity index (χ0v) is 28.0. The molecule has 1 aliphatic carbocycles. The molecule has 0 saturated carbocycles. The minimum atomic E-state index is -0.700. The maximum absolute atomic E-state index is 11.9. The van der Waals surface area contributed by atoms with Crippen molar-refractivity contribution >= 4 is 17.1 Å². The van der Waals surface area contributed by atoms with Crippen molar-refractivity contribution < 1.29 is 5.11 Å². The fourth-order valence-electron chi connectivity index (χ4n) is 8.02. The smallest absolute Gasteiger partial charge is 0.123 e. The molecule has 0 spiro atoms. The Kier molecular flexibility index (Phi) is 7.56. The molecule has 0 heterocycles. The molecule has 0 saturated heterocycles. The number of phenolic OH excluding ortho intramolecular Hbond substituents is 1. The van der Waals surface area contributed by atoms with Crippen molar-refractivity contribution in [3.63, 3.8) is 0 Å². The SMILES string of the molecule is Oc1ccc(N(c2ccc(-c3ccccc3)cc2)c2ccc(-c3ccccc3)cc2)c2c1-c1ccccc1C2(c1ccccc1)c1ccccc1. The van der Waals surface area contributed by atoms with Crippen LogP contribution in [0.15, 0.2) is 206 Å². The number of anilines is 3. The summed E-state index contributed by atoms with van der Waals surface area (Å²) in [5.41, 5.74) is 13.4. The Morgan fingerprint density at radius 3 is 1.27 bits per heavy atom. The van der Waals surface area contributed by atoms with Gasteiger partial charge in [0.15, 0.2) is 0 Å². The normalized spacial score (nSPS) is 12.5. The van der Waals surface area contributed by atoms with E-state index in [1.54, 1.807) is 0 Å². The maximum Gasteiger partial charge on any atom is 0.123 e. The highest BCUT2D eigenvalue weighted by Gasteiger charge is 2.49. The first-order valence-electron chi connectivity index (χ1n) is 17.4. The predicted molar refractivity (Wildman–Crippen MR) is 211 cm³/mol. The molecule has 242 valence electrons. The van der Waals surface area contributed by atoms with Gasteiger partial charge in [0.25, 0.3) is 0 Å². The van der Waals surface area contributed by atoms with E-state index in [0.29, 0.717) is 0 Å². The first kappa shape index (κ1) is 30.4. The number of rotatable bonds is 7. The van der Waals surface area contributed by atoms with Crippen LogP contribution in [0.25, 0.3) is 33.4 Å². The lowest BCUT2D eigenvalue weighted by Crippen LogP contribution is -2.30. The summed E-state index contributed by atoms with van der Waals surface area (Å²) in [6, 6.07) is 72.7. The molecule has 51 heavy (non-hydrogen) atoms. The molecule has 8 aromatic rings. The largest absolute Gasteiger partial charge is 0.507 e. The number of nitrogens with zero attached hydrogens (tertiary/aromatic N) is 1. The lowest BCUT2D eigenvalue weighted by atomic mass is 9.67. The molecule has 2 heteroatoms. The van der Waals surface area contributed by atoms with Crippen LogP contribution in [0.4, 0.5) is 17.1 Å². The molecule has 0 fully saturated rings. The van der Waals surface area contributed by atoms with Crippen molar-refractivity contribution in [2.24, 2.45) is 0 Å². The second-order valence-corrected chi connectivity index (χ2v) is 13.0. The van der Waals surface area contributed by atoms with Gasteiger partial charge in [-0.25, -0.2) is 0 Å². The van der Waals surface area contributed by atoms with E-state index in [1.807, 2.05) is 18.2 Å². The van der Waals surface area contributed by atoms with E-state index in [-0.39, 0.29) is 5.75 Å². The van der Waals surface area contributed by atoms with E-state index in [2.05, 4.69) is 193 Å². The van der Waals surface area contributed by atoms with Crippen LogP contribution < -0.4 is 4.90 Å². The van der Waals surface area contributed by atoms with Crippen molar-refractivity contribution in [3.8, 4) is 39.1 Å². The maximum atomic E-state index is 11.9. The number of hydrogen-bond acceptors (Lipinski definition) is 2. The summed E-state index contributed by atoms with van der Waals surface area (Å²) < 4.78 is 0. The summed E-state index contributed by atoms with van der Waals surface area (Å²) in [6.45, 7) is 0. The average molecular weight is 654 g/mol. The Labute approximate surface area is 299 Å². The highest BCUT2D eigenvalue weighted by atomic mass is 16.3. The third-order valence-electron chi connectivity index (χ3n) is 10.3. The summed E-state index contributed by atoms with van der Waals surface area (Å²) in [6.07, 6.45) is 0. The standard InChI is InChI=1S/C49H35NO/c51-46-34-33-45(48-47(46)43-23-13-14-24-44(43)49(48,39-19-9-3-10-20-39)40-21-11-4-12-22-40)50(41-29-25-37(26-30-41)35-15-5-1-6-16-35)42-31-27-38(28-32-42)36-17-7-2-8-18-36/h1-34,51H. The third kappa shape index (κ3) is 5.04. The van der Waals surface area contributed by atoms with Crippen molar-refractivity contribution in [1.29, 1.82) is 0 Å². The molecule has 0 aliphatic heterocycles. The second-order valence-electron chi connectivity index (χ2n) is 13.0. The molecular weight excluding hydrogens is 619 g/mol. The van der Waals surface area contributed by atoms with Gasteiger partial charge in [-0.3, -0.25) is 0 Å². The van der Waals surface area contributed by atoms with Crippen LogP contribution in [0.1, 0.15) is 22.3 Å². The van der Waals surface area contributed by atoms with E-state index in [1.165, 1.54) is 11.1 Å². The van der Waals surface area contributed by atoms with Gasteiger partial charge in [0.05, 0.1) is 11.1 Å². The van der Waals surface area contributed by atoms with Gasteiger partial charge < -0.3 is 10.0 Å². The fourth-order valence-corrected chi connectivity index (χ4v) is 8.02. The van der Waals surface area contributed by atoms with Crippen LogP contribution in [0, 0.1) is 0 Å². The monoisotopic (exact) mass is 653 g/mol. The second kappa shape index (κ2) is 12.7. The van der Waals surface area contributed by atoms with Gasteiger partial charge in [0.1, 0.15) is 5.75 Å². The molecule has 0 unspecified atom stereocenters. The van der Waals surface area contributed by atoms with Gasteiger partial charge >= 0.3 is 0 Å². The number of aromatic hydroxyl groups is 1. The Bertz CT molecular complexity index is 2320. The predicted octanol–water partition coefficient (Wildman–Crippen LogP) is 12.6. The molecule has 0 radical (unpaired) electrons. The molecule has 0 bridgehead atoms. The van der Waals surface area contributed by atoms with Gasteiger partial charge in [-0.05, 0) is 80.9 Å². The molecule has 0 aromatic heterocycles. The Morgan fingerprint density at radius 2 is 0.784 bits per heavy atom. The number of hydrogen-bond donors (Lipinski definition) is 1. The quantitative estimate of drug-likeness (QED) is 0.185. The van der Waals surface area contributed by atoms with Crippen LogP contribution in [-0.4, -0.2) is 5.11 Å². The first-order chi connectivity index (χ1) is 25.2. The third-order valence-corrected chi connectivity index (χ3v) is 10.3. The molecule has 2 nitrogen and oxygen atoms in total. The van der Waals surface area contributed by atoms with E-state index in [0.717, 1.165) is 61.6 Å². The van der Waals surface area contributed by atoms with Crippen molar-refractivity contribution in [3.05, 3.63) is 229 Å². The van der Waals surface area contributed by atoms with Crippen LogP contribution >= 0.6 is 0 Å². The average Bonchev–Trinajstić information content (AvgIpc) is 3.53. The first-order valence-corrected chi connectivity index (χ1v) is 17.4. The summed E-state index contributed by atoms with van der Waals surface area (Å²) >= 11 is 0. The summed E-state index contributed by atoms with van der Waals surface area (Å²) in [4.78, 5) is 2.36. The number of phenols is 1. The number of benzene rings is 8. The van der Waals surface area contributed by atoms with E-state index in [9.17, 15) is 5.11 Å². The molecule has 9 rings (SSSR count). The summed E-state index contributed by atoms with van der Waals surface area (Å²) in [5, 5.41) is 11.9. The molecule has 1 aliphatic rings. The molecular formula is C49H35NO. The Balaban J connectivity index is 1.34. The number of fused-ring (bicyclic) bond motifs is 3. The van der Waals surface area contributed by atoms with Crippen molar-refractivity contribution in [1.82, 2.24) is 0 Å². The topological polar surface area (TPSA) is 23.5 Å². The van der Waals surface area contributed by atoms with Crippen LogP contribution in [0.2, 0.25) is 0 Å². The van der Waals surface area contributed by atoms with Gasteiger partial charge in [0, 0.05) is 22.5 Å². The van der Waals surface area contributed by atoms with E-state index < -0.39 is 5.41 Å².